The smallest absolute Gasteiger partial charge is 0.182 e. The number of rotatable bonds is 8. The number of benzene rings is 1. The molecule has 2 bridgehead atoms. The minimum atomic E-state index is 0.146. The van der Waals surface area contributed by atoms with Crippen LogP contribution in [0.1, 0.15) is 57.9 Å². The zero-order chi connectivity index (χ0) is 18.5. The normalized spacial score (nSPS) is 20.0. The minimum Gasteiger partial charge on any atom is -0.504 e. The maximum Gasteiger partial charge on any atom is 0.182 e. The second-order valence-electron chi connectivity index (χ2n) is 7.61. The van der Waals surface area contributed by atoms with Gasteiger partial charge in [0.1, 0.15) is 0 Å². The topological polar surface area (TPSA) is 49.8 Å². The van der Waals surface area contributed by atoms with Crippen LogP contribution in [-0.2, 0) is 4.79 Å². The van der Waals surface area contributed by atoms with Gasteiger partial charge in [-0.3, -0.25) is 4.79 Å². The average molecular weight is 357 g/mol. The lowest BCUT2D eigenvalue weighted by molar-refractivity contribution is -0.125. The van der Waals surface area contributed by atoms with Crippen LogP contribution in [0.25, 0.3) is 6.08 Å². The van der Waals surface area contributed by atoms with Gasteiger partial charge in [0, 0.05) is 19.0 Å². The predicted octanol–water partition coefficient (Wildman–Crippen LogP) is 4.62. The number of aromatic hydroxyl groups is 1. The number of piperidine rings is 3. The summed E-state index contributed by atoms with van der Waals surface area (Å²) in [4.78, 5) is 14.6. The summed E-state index contributed by atoms with van der Waals surface area (Å²) in [6.07, 6.45) is 8.53. The van der Waals surface area contributed by atoms with Crippen molar-refractivity contribution in [3.63, 3.8) is 0 Å². The highest BCUT2D eigenvalue weighted by molar-refractivity contribution is 6.01. The molecule has 1 aromatic rings. The molecule has 4 heteroatoms. The Balaban J connectivity index is 1.66. The standard InChI is InChI=1S/C22H31NO3/c1-3-5-6-16(4-2)15-26-21-8-7-17(14-20(21)24)13-19-22(25)18-9-11-23(19)12-10-18/h7-8,13-14,16,18,24H,3-6,9-12,15H2,1-2H3/b19-13-. The number of unbranched alkanes of at least 4 members (excludes halogenated alkanes) is 1. The van der Waals surface area contributed by atoms with Crippen LogP contribution in [0.15, 0.2) is 23.9 Å². The van der Waals surface area contributed by atoms with Crippen molar-refractivity contribution in [2.24, 2.45) is 11.8 Å². The molecule has 3 aliphatic heterocycles. The molecule has 0 saturated carbocycles. The molecule has 142 valence electrons. The number of nitrogens with zero attached hydrogens (tertiary/aromatic N) is 1. The van der Waals surface area contributed by atoms with Gasteiger partial charge in [0.05, 0.1) is 12.3 Å². The second kappa shape index (κ2) is 8.61. The van der Waals surface area contributed by atoms with Gasteiger partial charge < -0.3 is 14.7 Å². The first-order chi connectivity index (χ1) is 12.6. The molecule has 0 amide bonds. The molecule has 0 aliphatic carbocycles. The fraction of sp³-hybridized carbons (Fsp3) is 0.591. The highest BCUT2D eigenvalue weighted by Gasteiger charge is 2.36. The first-order valence-corrected chi connectivity index (χ1v) is 10.1. The predicted molar refractivity (Wildman–Crippen MR) is 104 cm³/mol. The summed E-state index contributed by atoms with van der Waals surface area (Å²) in [6.45, 7) is 6.95. The number of carbonyl (C=O) groups is 1. The lowest BCUT2D eigenvalue weighted by Crippen LogP contribution is -2.45. The fourth-order valence-corrected chi connectivity index (χ4v) is 3.92. The third-order valence-electron chi connectivity index (χ3n) is 5.76. The summed E-state index contributed by atoms with van der Waals surface area (Å²) in [7, 11) is 0. The fourth-order valence-electron chi connectivity index (χ4n) is 3.92. The van der Waals surface area contributed by atoms with Crippen molar-refractivity contribution in [1.82, 2.24) is 4.90 Å². The molecule has 3 saturated heterocycles. The van der Waals surface area contributed by atoms with Crippen molar-refractivity contribution in [3.8, 4) is 11.5 Å². The van der Waals surface area contributed by atoms with E-state index < -0.39 is 0 Å². The molecule has 1 unspecified atom stereocenters. The molecular formula is C22H31NO3. The number of fused-ring (bicyclic) bond motifs is 3. The van der Waals surface area contributed by atoms with Crippen LogP contribution in [0.4, 0.5) is 0 Å². The van der Waals surface area contributed by atoms with Crippen molar-refractivity contribution in [2.45, 2.75) is 52.4 Å². The Morgan fingerprint density at radius 2 is 2.08 bits per heavy atom. The molecule has 0 radical (unpaired) electrons. The minimum absolute atomic E-state index is 0.146. The van der Waals surface area contributed by atoms with Crippen LogP contribution in [0.2, 0.25) is 0 Å². The monoisotopic (exact) mass is 357 g/mol. The van der Waals surface area contributed by atoms with E-state index in [0.717, 1.165) is 50.0 Å². The van der Waals surface area contributed by atoms with Crippen molar-refractivity contribution in [3.05, 3.63) is 29.5 Å². The van der Waals surface area contributed by atoms with Gasteiger partial charge >= 0.3 is 0 Å². The molecule has 26 heavy (non-hydrogen) atoms. The number of allylic oxidation sites excluding steroid dienone is 1. The summed E-state index contributed by atoms with van der Waals surface area (Å²) in [6, 6.07) is 5.44. The summed E-state index contributed by atoms with van der Waals surface area (Å²) < 4.78 is 5.85. The van der Waals surface area contributed by atoms with Gasteiger partial charge in [-0.25, -0.2) is 0 Å². The molecule has 1 N–H and O–H groups in total. The van der Waals surface area contributed by atoms with E-state index in [1.54, 1.807) is 6.07 Å². The molecule has 3 fully saturated rings. The van der Waals surface area contributed by atoms with Crippen molar-refractivity contribution in [2.75, 3.05) is 19.7 Å². The average Bonchev–Trinajstić information content (AvgIpc) is 2.66. The van der Waals surface area contributed by atoms with Crippen LogP contribution in [-0.4, -0.2) is 35.5 Å². The summed E-state index contributed by atoms with van der Waals surface area (Å²) in [5.74, 6) is 1.65. The Bertz CT molecular complexity index is 659. The van der Waals surface area contributed by atoms with Crippen molar-refractivity contribution >= 4 is 11.9 Å². The van der Waals surface area contributed by atoms with Crippen LogP contribution in [0, 0.1) is 11.8 Å². The highest BCUT2D eigenvalue weighted by Crippen LogP contribution is 2.34. The highest BCUT2D eigenvalue weighted by atomic mass is 16.5. The summed E-state index contributed by atoms with van der Waals surface area (Å²) in [5.41, 5.74) is 1.65. The van der Waals surface area contributed by atoms with Gasteiger partial charge in [-0.15, -0.1) is 0 Å². The molecule has 4 nitrogen and oxygen atoms in total. The maximum atomic E-state index is 12.4. The third-order valence-corrected chi connectivity index (χ3v) is 5.76. The number of hydrogen-bond acceptors (Lipinski definition) is 4. The first kappa shape index (κ1) is 18.8. The second-order valence-corrected chi connectivity index (χ2v) is 7.61. The zero-order valence-electron chi connectivity index (χ0n) is 16.0. The van der Waals surface area contributed by atoms with E-state index in [4.69, 9.17) is 4.74 Å². The number of hydrogen-bond donors (Lipinski definition) is 1. The Kier molecular flexibility index (Phi) is 6.23. The molecule has 1 aromatic carbocycles. The zero-order valence-corrected chi connectivity index (χ0v) is 16.0. The van der Waals surface area contributed by atoms with Gasteiger partial charge in [-0.2, -0.15) is 0 Å². The molecular weight excluding hydrogens is 326 g/mol. The molecule has 3 aliphatic rings. The molecule has 0 aromatic heterocycles. The summed E-state index contributed by atoms with van der Waals surface area (Å²) >= 11 is 0. The van der Waals surface area contributed by atoms with E-state index >= 15 is 0 Å². The largest absolute Gasteiger partial charge is 0.504 e. The van der Waals surface area contributed by atoms with E-state index in [0.29, 0.717) is 18.3 Å². The van der Waals surface area contributed by atoms with Crippen LogP contribution < -0.4 is 4.74 Å². The molecule has 1 atom stereocenters. The van der Waals surface area contributed by atoms with Crippen LogP contribution >= 0.6 is 0 Å². The Labute approximate surface area is 156 Å². The molecule has 4 rings (SSSR count). The van der Waals surface area contributed by atoms with Crippen LogP contribution in [0.5, 0.6) is 11.5 Å². The van der Waals surface area contributed by atoms with E-state index in [2.05, 4.69) is 18.7 Å². The van der Waals surface area contributed by atoms with E-state index in [1.165, 1.54) is 12.8 Å². The van der Waals surface area contributed by atoms with Gasteiger partial charge in [-0.05, 0) is 49.0 Å². The number of ketones is 1. The number of ether oxygens (including phenoxy) is 1. The number of Topliss-reactive ketones (excluding diaryl/α,β-unsaturated/α-hetero) is 1. The van der Waals surface area contributed by atoms with Gasteiger partial charge in [0.25, 0.3) is 0 Å². The summed E-state index contributed by atoms with van der Waals surface area (Å²) in [5, 5.41) is 10.3. The SMILES string of the molecule is CCCCC(CC)COc1ccc(/C=C2/C(=O)C3CCN2CC3)cc1O. The first-order valence-electron chi connectivity index (χ1n) is 10.1. The van der Waals surface area contributed by atoms with Gasteiger partial charge in [0.2, 0.25) is 0 Å². The van der Waals surface area contributed by atoms with Crippen LogP contribution in [0.3, 0.4) is 0 Å². The van der Waals surface area contributed by atoms with Crippen molar-refractivity contribution in [1.29, 1.82) is 0 Å². The van der Waals surface area contributed by atoms with Crippen molar-refractivity contribution < 1.29 is 14.6 Å². The lowest BCUT2D eigenvalue weighted by atomic mass is 9.84. The van der Waals surface area contributed by atoms with E-state index in [9.17, 15) is 9.90 Å². The Hall–Kier alpha value is -1.97. The van der Waals surface area contributed by atoms with E-state index in [-0.39, 0.29) is 17.5 Å². The lowest BCUT2D eigenvalue weighted by Gasteiger charge is -2.41. The third kappa shape index (κ3) is 4.22. The molecule has 0 spiro atoms. The number of carbonyl (C=O) groups excluding carboxylic acids is 1. The number of phenolic OH excluding ortho intramolecular Hbond substituents is 1. The maximum absolute atomic E-state index is 12.4. The Morgan fingerprint density at radius 1 is 1.31 bits per heavy atom. The molecule has 3 heterocycles. The van der Waals surface area contributed by atoms with Gasteiger partial charge in [0.15, 0.2) is 17.3 Å². The van der Waals surface area contributed by atoms with Gasteiger partial charge in [-0.1, -0.05) is 39.2 Å². The number of phenols is 1. The van der Waals surface area contributed by atoms with E-state index in [1.807, 2.05) is 18.2 Å². The quantitative estimate of drug-likeness (QED) is 0.690. The Morgan fingerprint density at radius 3 is 2.69 bits per heavy atom.